The molecule has 2 heteroatoms. The average Bonchev–Trinajstić information content (AvgIpc) is 2.15. The molecule has 0 aliphatic heterocycles. The molecule has 0 bridgehead atoms. The highest BCUT2D eigenvalue weighted by atomic mass is 14.9. The third kappa shape index (κ3) is 2.18. The Morgan fingerprint density at radius 2 is 2.23 bits per heavy atom. The number of allylic oxidation sites excluding steroid dienone is 1. The lowest BCUT2D eigenvalue weighted by Crippen LogP contribution is -1.89. The van der Waals surface area contributed by atoms with Crippen molar-refractivity contribution in [1.82, 2.24) is 0 Å². The monoisotopic (exact) mass is 174 g/mol. The lowest BCUT2D eigenvalue weighted by Gasteiger charge is -2.06. The Balaban J connectivity index is 3.14. The Morgan fingerprint density at radius 3 is 2.85 bits per heavy atom. The molecule has 1 aromatic rings. The Kier molecular flexibility index (Phi) is 3.26. The number of rotatable bonds is 3. The van der Waals surface area contributed by atoms with Gasteiger partial charge in [-0.15, -0.1) is 0 Å². The van der Waals surface area contributed by atoms with Crippen LogP contribution >= 0.6 is 0 Å². The molecular weight excluding hydrogens is 160 g/mol. The Hall–Kier alpha value is -1.57. The molecule has 0 fully saturated rings. The first-order valence-electron chi connectivity index (χ1n) is 4.22. The summed E-state index contributed by atoms with van der Waals surface area (Å²) in [5, 5.41) is 3.10. The summed E-state index contributed by atoms with van der Waals surface area (Å²) in [7, 11) is 1.89. The largest absolute Gasteiger partial charge is 0.386 e. The summed E-state index contributed by atoms with van der Waals surface area (Å²) in [5.74, 6) is 0. The highest BCUT2D eigenvalue weighted by Gasteiger charge is 2.00. The minimum atomic E-state index is 0.977. The predicted octanol–water partition coefficient (Wildman–Crippen LogP) is 2.93. The van der Waals surface area contributed by atoms with Crippen LogP contribution in [-0.2, 0) is 0 Å². The Labute approximate surface area is 79.0 Å². The quantitative estimate of drug-likeness (QED) is 0.700. The smallest absolute Gasteiger partial charge is 0.0889 e. The van der Waals surface area contributed by atoms with Crippen molar-refractivity contribution in [1.29, 1.82) is 0 Å². The summed E-state index contributed by atoms with van der Waals surface area (Å²) in [6.45, 7) is 5.63. The maximum absolute atomic E-state index is 4.29. The zero-order valence-corrected chi connectivity index (χ0v) is 8.04. The van der Waals surface area contributed by atoms with Crippen molar-refractivity contribution >= 4 is 17.6 Å². The normalized spacial score (nSPS) is 10.3. The highest BCUT2D eigenvalue weighted by Crippen LogP contribution is 2.27. The van der Waals surface area contributed by atoms with Gasteiger partial charge in [0.25, 0.3) is 0 Å². The first kappa shape index (κ1) is 9.52. The molecule has 0 saturated carbocycles. The summed E-state index contributed by atoms with van der Waals surface area (Å²) in [6, 6.07) is 6.05. The van der Waals surface area contributed by atoms with Crippen LogP contribution in [0.4, 0.5) is 11.4 Å². The fourth-order valence-electron chi connectivity index (χ4n) is 1.16. The third-order valence-electron chi connectivity index (χ3n) is 1.82. The van der Waals surface area contributed by atoms with E-state index in [-0.39, 0.29) is 0 Å². The summed E-state index contributed by atoms with van der Waals surface area (Å²) in [6.07, 6.45) is 3.37. The molecule has 0 atom stereocenters. The Morgan fingerprint density at radius 1 is 1.46 bits per heavy atom. The molecule has 1 rings (SSSR count). The molecule has 1 N–H and O–H groups in total. The van der Waals surface area contributed by atoms with Crippen LogP contribution in [0.25, 0.3) is 0 Å². The van der Waals surface area contributed by atoms with E-state index in [9.17, 15) is 0 Å². The van der Waals surface area contributed by atoms with Crippen molar-refractivity contribution < 1.29 is 0 Å². The summed E-state index contributed by atoms with van der Waals surface area (Å²) in [4.78, 5) is 4.29. The number of aryl methyl sites for hydroxylation is 1. The second-order valence-electron chi connectivity index (χ2n) is 2.73. The van der Waals surface area contributed by atoms with Crippen molar-refractivity contribution in [2.75, 3.05) is 12.4 Å². The zero-order chi connectivity index (χ0) is 9.68. The molecule has 0 aliphatic rings. The fraction of sp³-hybridized carbons (Fsp3) is 0.182. The molecule has 13 heavy (non-hydrogen) atoms. The van der Waals surface area contributed by atoms with Gasteiger partial charge in [0.1, 0.15) is 0 Å². The number of anilines is 1. The molecule has 0 aliphatic carbocycles. The van der Waals surface area contributed by atoms with Crippen LogP contribution in [0, 0.1) is 6.92 Å². The summed E-state index contributed by atoms with van der Waals surface area (Å²) in [5.41, 5.74) is 3.17. The predicted molar refractivity (Wildman–Crippen MR) is 59.1 cm³/mol. The average molecular weight is 174 g/mol. The molecule has 0 radical (unpaired) electrons. The van der Waals surface area contributed by atoms with Gasteiger partial charge in [0.15, 0.2) is 0 Å². The number of hydrogen-bond acceptors (Lipinski definition) is 2. The van der Waals surface area contributed by atoms with Crippen LogP contribution in [0.2, 0.25) is 0 Å². The third-order valence-corrected chi connectivity index (χ3v) is 1.82. The molecule has 0 aromatic heterocycles. The van der Waals surface area contributed by atoms with Crippen LogP contribution in [0.3, 0.4) is 0 Å². The molecule has 68 valence electrons. The minimum absolute atomic E-state index is 0.977. The van der Waals surface area contributed by atoms with Gasteiger partial charge in [-0.1, -0.05) is 24.8 Å². The maximum Gasteiger partial charge on any atom is 0.0889 e. The van der Waals surface area contributed by atoms with Gasteiger partial charge >= 0.3 is 0 Å². The SMILES string of the molecule is C=CC=Nc1c(C)cccc1NC. The second kappa shape index (κ2) is 4.45. The standard InChI is InChI=1S/C11H14N2/c1-4-8-13-11-9(2)6-5-7-10(11)12-3/h4-8,12H,1H2,2-3H3. The van der Waals surface area contributed by atoms with Crippen LogP contribution in [0.1, 0.15) is 5.56 Å². The van der Waals surface area contributed by atoms with Gasteiger partial charge < -0.3 is 5.32 Å². The summed E-state index contributed by atoms with van der Waals surface area (Å²) < 4.78 is 0. The van der Waals surface area contributed by atoms with E-state index in [1.54, 1.807) is 12.3 Å². The van der Waals surface area contributed by atoms with Gasteiger partial charge in [-0.2, -0.15) is 0 Å². The van der Waals surface area contributed by atoms with E-state index in [1.165, 1.54) is 0 Å². The topological polar surface area (TPSA) is 24.4 Å². The molecule has 0 unspecified atom stereocenters. The first-order valence-corrected chi connectivity index (χ1v) is 4.22. The van der Waals surface area contributed by atoms with Gasteiger partial charge in [0.05, 0.1) is 11.4 Å². The van der Waals surface area contributed by atoms with Crippen molar-refractivity contribution in [2.45, 2.75) is 6.92 Å². The number of aliphatic imine (C=N–C) groups is 1. The van der Waals surface area contributed by atoms with E-state index >= 15 is 0 Å². The summed E-state index contributed by atoms with van der Waals surface area (Å²) >= 11 is 0. The number of benzene rings is 1. The van der Waals surface area contributed by atoms with E-state index in [4.69, 9.17) is 0 Å². The molecular formula is C11H14N2. The van der Waals surface area contributed by atoms with Gasteiger partial charge in [-0.3, -0.25) is 4.99 Å². The van der Waals surface area contributed by atoms with Gasteiger partial charge in [-0.25, -0.2) is 0 Å². The van der Waals surface area contributed by atoms with Crippen LogP contribution in [0.15, 0.2) is 35.8 Å². The van der Waals surface area contributed by atoms with Crippen molar-refractivity contribution in [3.8, 4) is 0 Å². The number of nitrogens with one attached hydrogen (secondary N) is 1. The van der Waals surface area contributed by atoms with Crippen LogP contribution in [-0.4, -0.2) is 13.3 Å². The van der Waals surface area contributed by atoms with E-state index in [2.05, 4.69) is 16.9 Å². The lowest BCUT2D eigenvalue weighted by molar-refractivity contribution is 1.38. The molecule has 0 spiro atoms. The lowest BCUT2D eigenvalue weighted by atomic mass is 10.2. The number of hydrogen-bond donors (Lipinski definition) is 1. The van der Waals surface area contributed by atoms with E-state index in [0.717, 1.165) is 16.9 Å². The van der Waals surface area contributed by atoms with Gasteiger partial charge in [0.2, 0.25) is 0 Å². The van der Waals surface area contributed by atoms with Gasteiger partial charge in [0, 0.05) is 13.3 Å². The first-order chi connectivity index (χ1) is 6.29. The zero-order valence-electron chi connectivity index (χ0n) is 8.04. The van der Waals surface area contributed by atoms with Crippen molar-refractivity contribution in [3.05, 3.63) is 36.4 Å². The second-order valence-corrected chi connectivity index (χ2v) is 2.73. The molecule has 2 nitrogen and oxygen atoms in total. The van der Waals surface area contributed by atoms with E-state index < -0.39 is 0 Å². The van der Waals surface area contributed by atoms with Crippen LogP contribution < -0.4 is 5.32 Å². The minimum Gasteiger partial charge on any atom is -0.386 e. The Bertz CT molecular complexity index is 327. The highest BCUT2D eigenvalue weighted by molar-refractivity contribution is 5.79. The number of nitrogens with zero attached hydrogens (tertiary/aromatic N) is 1. The molecule has 0 heterocycles. The van der Waals surface area contributed by atoms with Crippen molar-refractivity contribution in [3.63, 3.8) is 0 Å². The number of para-hydroxylation sites is 1. The van der Waals surface area contributed by atoms with Crippen LogP contribution in [0.5, 0.6) is 0 Å². The van der Waals surface area contributed by atoms with E-state index in [1.807, 2.05) is 32.2 Å². The van der Waals surface area contributed by atoms with E-state index in [0.29, 0.717) is 0 Å². The fourth-order valence-corrected chi connectivity index (χ4v) is 1.16. The van der Waals surface area contributed by atoms with Gasteiger partial charge in [-0.05, 0) is 18.6 Å². The molecule has 0 amide bonds. The maximum atomic E-state index is 4.29. The molecule has 1 aromatic carbocycles. The van der Waals surface area contributed by atoms with Crippen molar-refractivity contribution in [2.24, 2.45) is 4.99 Å². The molecule has 0 saturated heterocycles.